The van der Waals surface area contributed by atoms with Gasteiger partial charge in [0.2, 0.25) is 5.91 Å². The van der Waals surface area contributed by atoms with E-state index in [1.165, 1.54) is 12.1 Å². The molecule has 0 spiro atoms. The summed E-state index contributed by atoms with van der Waals surface area (Å²) < 4.78 is 31.8. The molecule has 0 unspecified atom stereocenters. The SMILES string of the molecule is CC(=O)NS(=O)(=O)c1ccc(-c2ccc(/C=C3\SC(=S)NC3=O)o2)cc1. The van der Waals surface area contributed by atoms with Crippen LogP contribution in [-0.2, 0) is 19.6 Å². The molecule has 1 saturated heterocycles. The van der Waals surface area contributed by atoms with Crippen LogP contribution in [0.4, 0.5) is 0 Å². The number of carbonyl (C=O) groups is 2. The predicted molar refractivity (Wildman–Crippen MR) is 101 cm³/mol. The number of carbonyl (C=O) groups excluding carboxylic acids is 2. The van der Waals surface area contributed by atoms with Crippen molar-refractivity contribution in [1.29, 1.82) is 0 Å². The summed E-state index contributed by atoms with van der Waals surface area (Å²) in [5, 5.41) is 2.52. The maximum absolute atomic E-state index is 11.9. The first-order valence-electron chi connectivity index (χ1n) is 7.23. The molecule has 3 rings (SSSR count). The van der Waals surface area contributed by atoms with Gasteiger partial charge in [0.25, 0.3) is 15.9 Å². The Hall–Kier alpha value is -2.43. The number of rotatable bonds is 4. The lowest BCUT2D eigenvalue weighted by molar-refractivity contribution is -0.117. The Bertz CT molecular complexity index is 1040. The average Bonchev–Trinajstić information content (AvgIpc) is 3.13. The second-order valence-electron chi connectivity index (χ2n) is 5.24. The largest absolute Gasteiger partial charge is 0.457 e. The summed E-state index contributed by atoms with van der Waals surface area (Å²) in [5.41, 5.74) is 0.649. The minimum absolute atomic E-state index is 0.0297. The van der Waals surface area contributed by atoms with Crippen molar-refractivity contribution >= 4 is 56.2 Å². The number of furan rings is 1. The van der Waals surface area contributed by atoms with Gasteiger partial charge in [0.05, 0.1) is 9.80 Å². The summed E-state index contributed by atoms with van der Waals surface area (Å²) in [7, 11) is -3.88. The molecule has 2 amide bonds. The average molecular weight is 408 g/mol. The van der Waals surface area contributed by atoms with Crippen LogP contribution < -0.4 is 10.0 Å². The molecule has 0 saturated carbocycles. The maximum atomic E-state index is 11.9. The van der Waals surface area contributed by atoms with Crippen molar-refractivity contribution in [2.75, 3.05) is 0 Å². The van der Waals surface area contributed by atoms with Gasteiger partial charge in [-0.05, 0) is 36.4 Å². The molecule has 2 N–H and O–H groups in total. The summed E-state index contributed by atoms with van der Waals surface area (Å²) in [4.78, 5) is 23.0. The highest BCUT2D eigenvalue weighted by Crippen LogP contribution is 2.29. The van der Waals surface area contributed by atoms with E-state index in [0.717, 1.165) is 18.7 Å². The van der Waals surface area contributed by atoms with Crippen LogP contribution in [0.3, 0.4) is 0 Å². The molecule has 1 aromatic heterocycles. The molecule has 26 heavy (non-hydrogen) atoms. The highest BCUT2D eigenvalue weighted by atomic mass is 32.2. The van der Waals surface area contributed by atoms with Crippen molar-refractivity contribution in [3.8, 4) is 11.3 Å². The van der Waals surface area contributed by atoms with Crippen molar-refractivity contribution < 1.29 is 22.4 Å². The molecule has 1 aliphatic rings. The summed E-state index contributed by atoms with van der Waals surface area (Å²) in [6.45, 7) is 1.13. The van der Waals surface area contributed by atoms with E-state index in [4.69, 9.17) is 16.6 Å². The molecule has 1 aliphatic heterocycles. The number of thiocarbonyl (C=S) groups is 1. The molecular formula is C16H12N2O5S3. The lowest BCUT2D eigenvalue weighted by atomic mass is 10.2. The van der Waals surface area contributed by atoms with Gasteiger partial charge in [-0.2, -0.15) is 0 Å². The highest BCUT2D eigenvalue weighted by Gasteiger charge is 2.22. The summed E-state index contributed by atoms with van der Waals surface area (Å²) >= 11 is 6.08. The maximum Gasteiger partial charge on any atom is 0.264 e. The van der Waals surface area contributed by atoms with E-state index in [1.54, 1.807) is 30.3 Å². The first-order valence-corrected chi connectivity index (χ1v) is 9.94. The van der Waals surface area contributed by atoms with Gasteiger partial charge in [0.15, 0.2) is 0 Å². The van der Waals surface area contributed by atoms with Gasteiger partial charge in [0, 0.05) is 18.6 Å². The molecule has 10 heteroatoms. The van der Waals surface area contributed by atoms with Gasteiger partial charge in [-0.25, -0.2) is 13.1 Å². The summed E-state index contributed by atoms with van der Waals surface area (Å²) in [6, 6.07) is 9.28. The van der Waals surface area contributed by atoms with E-state index >= 15 is 0 Å². The van der Waals surface area contributed by atoms with Crippen molar-refractivity contribution in [2.45, 2.75) is 11.8 Å². The van der Waals surface area contributed by atoms with Crippen molar-refractivity contribution in [3.05, 3.63) is 47.1 Å². The zero-order chi connectivity index (χ0) is 18.9. The fraction of sp³-hybridized carbons (Fsp3) is 0.0625. The first-order chi connectivity index (χ1) is 12.2. The van der Waals surface area contributed by atoms with Gasteiger partial charge in [0.1, 0.15) is 15.8 Å². The third kappa shape index (κ3) is 4.03. The zero-order valence-electron chi connectivity index (χ0n) is 13.3. The van der Waals surface area contributed by atoms with E-state index in [-0.39, 0.29) is 10.8 Å². The van der Waals surface area contributed by atoms with Crippen molar-refractivity contribution in [2.24, 2.45) is 0 Å². The van der Waals surface area contributed by atoms with Crippen LogP contribution in [0.15, 0.2) is 50.6 Å². The van der Waals surface area contributed by atoms with Gasteiger partial charge in [-0.3, -0.25) is 9.59 Å². The Morgan fingerprint density at radius 2 is 1.92 bits per heavy atom. The molecule has 1 fully saturated rings. The molecule has 0 aliphatic carbocycles. The van der Waals surface area contributed by atoms with E-state index < -0.39 is 15.9 Å². The summed E-state index contributed by atoms with van der Waals surface area (Å²) in [6.07, 6.45) is 1.58. The first kappa shape index (κ1) is 18.4. The van der Waals surface area contributed by atoms with Crippen LogP contribution in [0, 0.1) is 0 Å². The second-order valence-corrected chi connectivity index (χ2v) is 8.64. The number of benzene rings is 1. The number of hydrogen-bond donors (Lipinski definition) is 2. The van der Waals surface area contributed by atoms with E-state index in [0.29, 0.717) is 26.3 Å². The second kappa shape index (κ2) is 7.06. The Kier molecular flexibility index (Phi) is 4.99. The van der Waals surface area contributed by atoms with Crippen LogP contribution in [-0.4, -0.2) is 24.6 Å². The fourth-order valence-corrected chi connectivity index (χ4v) is 4.20. The molecule has 2 heterocycles. The molecule has 7 nitrogen and oxygen atoms in total. The van der Waals surface area contributed by atoms with Gasteiger partial charge in [-0.15, -0.1) is 0 Å². The highest BCUT2D eigenvalue weighted by molar-refractivity contribution is 8.26. The minimum Gasteiger partial charge on any atom is -0.457 e. The van der Waals surface area contributed by atoms with Gasteiger partial charge >= 0.3 is 0 Å². The Labute approximate surface area is 158 Å². The van der Waals surface area contributed by atoms with E-state index in [2.05, 4.69) is 5.32 Å². The molecule has 0 atom stereocenters. The third-order valence-electron chi connectivity index (χ3n) is 3.27. The van der Waals surface area contributed by atoms with E-state index in [9.17, 15) is 18.0 Å². The number of nitrogens with one attached hydrogen (secondary N) is 2. The minimum atomic E-state index is -3.88. The van der Waals surface area contributed by atoms with Gasteiger partial charge < -0.3 is 9.73 Å². The number of amides is 2. The van der Waals surface area contributed by atoms with Gasteiger partial charge in [-0.1, -0.05) is 24.0 Å². The lowest BCUT2D eigenvalue weighted by Crippen LogP contribution is -2.28. The molecule has 134 valence electrons. The monoisotopic (exact) mass is 408 g/mol. The number of hydrogen-bond acceptors (Lipinski definition) is 7. The van der Waals surface area contributed by atoms with Crippen LogP contribution in [0.5, 0.6) is 0 Å². The molecule has 1 aromatic carbocycles. The zero-order valence-corrected chi connectivity index (χ0v) is 15.8. The molecule has 2 aromatic rings. The Morgan fingerprint density at radius 3 is 2.50 bits per heavy atom. The van der Waals surface area contributed by atoms with Crippen LogP contribution in [0.25, 0.3) is 17.4 Å². The van der Waals surface area contributed by atoms with Crippen LogP contribution >= 0.6 is 24.0 Å². The van der Waals surface area contributed by atoms with Crippen LogP contribution in [0.1, 0.15) is 12.7 Å². The third-order valence-corrected chi connectivity index (χ3v) is 5.88. The topological polar surface area (TPSA) is 105 Å². The standard InChI is InChI=1S/C16H12N2O5S3/c1-9(19)18-26(21,22)12-5-2-10(3-6-12)13-7-4-11(23-13)8-14-15(20)17-16(24)25-14/h2-8H,1H3,(H,18,19)(H,17,20,24)/b14-8-. The van der Waals surface area contributed by atoms with Crippen LogP contribution in [0.2, 0.25) is 0 Å². The summed E-state index contributed by atoms with van der Waals surface area (Å²) in [5.74, 6) is 0.0418. The predicted octanol–water partition coefficient (Wildman–Crippen LogP) is 2.26. The fourth-order valence-electron chi connectivity index (χ4n) is 2.18. The normalized spacial score (nSPS) is 16.0. The smallest absolute Gasteiger partial charge is 0.264 e. The molecular weight excluding hydrogens is 396 g/mol. The van der Waals surface area contributed by atoms with Crippen molar-refractivity contribution in [1.82, 2.24) is 10.0 Å². The lowest BCUT2D eigenvalue weighted by Gasteiger charge is -2.05. The quantitative estimate of drug-likeness (QED) is 0.590. The molecule has 0 bridgehead atoms. The van der Waals surface area contributed by atoms with Crippen molar-refractivity contribution in [3.63, 3.8) is 0 Å². The number of thioether (sulfide) groups is 1. The number of sulfonamides is 1. The van der Waals surface area contributed by atoms with E-state index in [1.807, 2.05) is 4.72 Å². The molecule has 0 radical (unpaired) electrons. The Morgan fingerprint density at radius 1 is 1.23 bits per heavy atom. The Balaban J connectivity index is 1.82.